The summed E-state index contributed by atoms with van der Waals surface area (Å²) in [6, 6.07) is 0.277. The molecule has 35 heavy (non-hydrogen) atoms. The second-order valence-corrected chi connectivity index (χ2v) is 11.4. The van der Waals surface area contributed by atoms with Gasteiger partial charge < -0.3 is 36.9 Å². The fourth-order valence-electron chi connectivity index (χ4n) is 3.86. The molecule has 1 aliphatic rings. The van der Waals surface area contributed by atoms with Crippen LogP contribution in [0.4, 0.5) is 0 Å². The molecule has 0 unspecified atom stereocenters. The second-order valence-electron chi connectivity index (χ2n) is 10.7. The maximum Gasteiger partial charge on any atom is 2.00 e. The summed E-state index contributed by atoms with van der Waals surface area (Å²) in [6.45, 7) is 21.7. The van der Waals surface area contributed by atoms with Gasteiger partial charge in [0.05, 0.1) is 5.97 Å². The Bertz CT molecular complexity index is 519. The summed E-state index contributed by atoms with van der Waals surface area (Å²) in [5, 5.41) is 24.6. The average molecular weight is 573 g/mol. The Kier molecular flexibility index (Phi) is 21.4. The van der Waals surface area contributed by atoms with E-state index in [4.69, 9.17) is 24.4 Å². The fourth-order valence-corrected chi connectivity index (χ4v) is 3.86. The Morgan fingerprint density at radius 2 is 1.20 bits per heavy atom. The minimum Gasteiger partial charge on any atom is -0.548 e. The van der Waals surface area contributed by atoms with E-state index >= 15 is 0 Å². The van der Waals surface area contributed by atoms with Gasteiger partial charge in [0.1, 0.15) is 0 Å². The van der Waals surface area contributed by atoms with E-state index in [1.54, 1.807) is 0 Å². The number of carboxylic acids is 1. The predicted molar refractivity (Wildman–Crippen MR) is 121 cm³/mol. The van der Waals surface area contributed by atoms with Gasteiger partial charge in [-0.2, -0.15) is 0 Å². The van der Waals surface area contributed by atoms with Gasteiger partial charge in [0.15, 0.2) is 0 Å². The van der Waals surface area contributed by atoms with E-state index in [1.807, 2.05) is 13.8 Å². The van der Waals surface area contributed by atoms with E-state index in [-0.39, 0.29) is 27.6 Å². The third-order valence-corrected chi connectivity index (χ3v) is 5.10. The Morgan fingerprint density at radius 1 is 0.886 bits per heavy atom. The van der Waals surface area contributed by atoms with Gasteiger partial charge in [0.2, 0.25) is 0 Å². The third kappa shape index (κ3) is 30.0. The molecule has 1 fully saturated rings. The van der Waals surface area contributed by atoms with Crippen LogP contribution in [-0.4, -0.2) is 61.4 Å². The van der Waals surface area contributed by atoms with E-state index in [9.17, 15) is 9.90 Å². The molecule has 1 saturated heterocycles. The van der Waals surface area contributed by atoms with E-state index in [2.05, 4.69) is 62.8 Å². The number of halogens is 1. The van der Waals surface area contributed by atoms with Crippen LogP contribution in [0.5, 0.6) is 0 Å². The van der Waals surface area contributed by atoms with E-state index in [0.29, 0.717) is 24.4 Å². The van der Waals surface area contributed by atoms with Crippen LogP contribution in [0, 0.1) is 16.2 Å². The molecule has 0 aliphatic carbocycles. The molecule has 0 saturated carbocycles. The van der Waals surface area contributed by atoms with Gasteiger partial charge >= 0.3 is 16.5 Å². The fraction of sp³-hybridized carbons (Fsp3) is 0.955. The van der Waals surface area contributed by atoms with Crippen molar-refractivity contribution in [3.05, 3.63) is 0 Å². The summed E-state index contributed by atoms with van der Waals surface area (Å²) < 4.78 is 34.0. The van der Waals surface area contributed by atoms with Gasteiger partial charge in [-0.05, 0) is 66.7 Å². The van der Waals surface area contributed by atoms with Gasteiger partial charge in [0, 0.05) is 55.4 Å². The van der Waals surface area contributed by atoms with Gasteiger partial charge in [-0.15, -0.1) is 10.2 Å². The molecule has 6 N–H and O–H groups in total. The number of carbonyl (C=O) groups excluding carboxylic acids is 1. The SMILES string of the molecule is CC(C)C[C@@H](N)C(=O)[O-].C[C@@H]1CC(C)(C)NCCN[C@H](C)CC(C)(C)NCCN1.[Ni+2].[O-][Cl+3]([O-])([O-])[O-]. The van der Waals surface area contributed by atoms with Crippen molar-refractivity contribution in [2.75, 3.05) is 26.2 Å². The quantitative estimate of drug-likeness (QED) is 0.205. The normalized spacial score (nSPS) is 24.3. The number of hydrogen-bond donors (Lipinski definition) is 5. The second kappa shape index (κ2) is 19.0. The van der Waals surface area contributed by atoms with Crippen molar-refractivity contribution in [2.45, 2.75) is 104 Å². The van der Waals surface area contributed by atoms with Gasteiger partial charge in [-0.3, -0.25) is 0 Å². The van der Waals surface area contributed by atoms with Crippen LogP contribution in [-0.2, 0) is 21.3 Å². The van der Waals surface area contributed by atoms with Crippen molar-refractivity contribution in [3.63, 3.8) is 0 Å². The Labute approximate surface area is 224 Å². The first-order valence-electron chi connectivity index (χ1n) is 11.8. The van der Waals surface area contributed by atoms with Crippen molar-refractivity contribution < 1.29 is 55.3 Å². The number of nitrogens with one attached hydrogen (secondary N) is 4. The van der Waals surface area contributed by atoms with Crippen LogP contribution in [0.25, 0.3) is 0 Å². The number of carbonyl (C=O) groups is 1. The molecule has 0 spiro atoms. The zero-order valence-electron chi connectivity index (χ0n) is 22.5. The molecular formula is C22H48ClN5NiO6. The number of rotatable bonds is 3. The summed E-state index contributed by atoms with van der Waals surface area (Å²) in [4.78, 5) is 10.00. The summed E-state index contributed by atoms with van der Waals surface area (Å²) in [7, 11) is -4.94. The van der Waals surface area contributed by atoms with E-state index in [0.717, 1.165) is 39.0 Å². The molecule has 0 amide bonds. The van der Waals surface area contributed by atoms with Crippen LogP contribution in [0.2, 0.25) is 0 Å². The van der Waals surface area contributed by atoms with E-state index in [1.165, 1.54) is 0 Å². The molecule has 0 aromatic carbocycles. The molecule has 3 atom stereocenters. The first-order chi connectivity index (χ1) is 15.2. The monoisotopic (exact) mass is 571 g/mol. The Balaban J connectivity index is -0.000000568. The number of aliphatic carboxylic acids is 1. The third-order valence-electron chi connectivity index (χ3n) is 5.10. The van der Waals surface area contributed by atoms with Crippen molar-refractivity contribution in [2.24, 2.45) is 11.7 Å². The molecule has 1 rings (SSSR count). The zero-order chi connectivity index (χ0) is 27.2. The summed E-state index contributed by atoms with van der Waals surface area (Å²) in [5.41, 5.74) is 5.53. The van der Waals surface area contributed by atoms with Crippen LogP contribution in [0.15, 0.2) is 0 Å². The maximum absolute atomic E-state index is 10.00. The Hall–Kier alpha value is -0.106. The molecule has 214 valence electrons. The summed E-state index contributed by atoms with van der Waals surface area (Å²) in [6.07, 6.45) is 2.78. The van der Waals surface area contributed by atoms with Crippen LogP contribution in [0.3, 0.4) is 0 Å². The largest absolute Gasteiger partial charge is 2.00 e. The standard InChI is InChI=1S/C16H36N4.C6H13NO2.ClHO4.Ni/c1-13-11-15(3,4)19-10-8-18-14(2)12-16(5,6)20-9-7-17-13;1-4(2)3-5(7)6(8)9;2-1(3,4)5;/h13-14,17-20H,7-12H2,1-6H3;4-5H,3,7H2,1-2H3,(H,8,9);(H,2,3,4,5);/q;;;+2/p-2/t13-,14-;5-;;/m11../s1. The van der Waals surface area contributed by atoms with Crippen molar-refractivity contribution >= 4 is 5.97 Å². The Morgan fingerprint density at radius 3 is 1.43 bits per heavy atom. The van der Waals surface area contributed by atoms with Gasteiger partial charge in [0.25, 0.3) is 0 Å². The van der Waals surface area contributed by atoms with Gasteiger partial charge in [-0.25, -0.2) is 18.6 Å². The maximum atomic E-state index is 10.00. The smallest absolute Gasteiger partial charge is 0.548 e. The molecular weight excluding hydrogens is 524 g/mol. The summed E-state index contributed by atoms with van der Waals surface area (Å²) in [5.74, 6) is -0.846. The molecule has 1 aliphatic heterocycles. The molecule has 11 nitrogen and oxygen atoms in total. The van der Waals surface area contributed by atoms with Crippen LogP contribution in [0.1, 0.15) is 74.7 Å². The molecule has 0 bridgehead atoms. The van der Waals surface area contributed by atoms with Crippen molar-refractivity contribution in [3.8, 4) is 0 Å². The van der Waals surface area contributed by atoms with Gasteiger partial charge in [-0.1, -0.05) is 13.8 Å². The number of hydrogen-bond acceptors (Lipinski definition) is 11. The molecule has 0 aromatic heterocycles. The molecule has 0 radical (unpaired) electrons. The van der Waals surface area contributed by atoms with Crippen molar-refractivity contribution in [1.82, 2.24) is 21.3 Å². The topological polar surface area (TPSA) is 207 Å². The number of carboxylic acid groups (broad SMARTS) is 1. The zero-order valence-corrected chi connectivity index (χ0v) is 24.2. The molecule has 1 heterocycles. The van der Waals surface area contributed by atoms with Crippen molar-refractivity contribution in [1.29, 1.82) is 0 Å². The van der Waals surface area contributed by atoms with E-state index < -0.39 is 22.3 Å². The molecule has 0 aromatic rings. The predicted octanol–water partition coefficient (Wildman–Crippen LogP) is -4.18. The van der Waals surface area contributed by atoms with Crippen LogP contribution >= 0.6 is 0 Å². The first kappa shape index (κ1) is 39.4. The number of nitrogens with two attached hydrogens (primary N) is 1. The minimum absolute atomic E-state index is 0. The summed E-state index contributed by atoms with van der Waals surface area (Å²) >= 11 is 0. The van der Waals surface area contributed by atoms with Crippen LogP contribution < -0.4 is 50.7 Å². The average Bonchev–Trinajstić information content (AvgIpc) is 2.59. The molecule has 13 heteroatoms. The first-order valence-corrected chi connectivity index (χ1v) is 13.0. The minimum atomic E-state index is -4.94.